The van der Waals surface area contributed by atoms with E-state index < -0.39 is 5.79 Å². The SMILES string of the molecule is C[C@@]1(CCc2ccccc2)OC[C@@H](c2ccccc2)O1. The summed E-state index contributed by atoms with van der Waals surface area (Å²) in [6.07, 6.45) is 1.90. The largest absolute Gasteiger partial charge is 0.347 e. The molecule has 1 heterocycles. The van der Waals surface area contributed by atoms with Gasteiger partial charge in [0.05, 0.1) is 6.61 Å². The van der Waals surface area contributed by atoms with Gasteiger partial charge in [0.15, 0.2) is 5.79 Å². The summed E-state index contributed by atoms with van der Waals surface area (Å²) in [6, 6.07) is 20.8. The number of aryl methyl sites for hydroxylation is 1. The summed E-state index contributed by atoms with van der Waals surface area (Å²) in [6.45, 7) is 2.67. The van der Waals surface area contributed by atoms with Gasteiger partial charge in [-0.25, -0.2) is 0 Å². The van der Waals surface area contributed by atoms with E-state index in [1.165, 1.54) is 11.1 Å². The van der Waals surface area contributed by atoms with E-state index in [0.717, 1.165) is 12.8 Å². The lowest BCUT2D eigenvalue weighted by atomic mass is 10.1. The van der Waals surface area contributed by atoms with E-state index in [1.54, 1.807) is 0 Å². The minimum absolute atomic E-state index is 0.0528. The molecule has 0 aromatic heterocycles. The molecule has 0 amide bonds. The third-order valence-corrected chi connectivity index (χ3v) is 3.81. The van der Waals surface area contributed by atoms with Crippen LogP contribution in [0.15, 0.2) is 60.7 Å². The molecule has 2 aromatic carbocycles. The summed E-state index contributed by atoms with van der Waals surface area (Å²) in [4.78, 5) is 0. The molecular formula is C18H20O2. The van der Waals surface area contributed by atoms with Crippen LogP contribution in [-0.2, 0) is 15.9 Å². The minimum Gasteiger partial charge on any atom is -0.347 e. The molecule has 2 heteroatoms. The van der Waals surface area contributed by atoms with Crippen LogP contribution in [-0.4, -0.2) is 12.4 Å². The summed E-state index contributed by atoms with van der Waals surface area (Å²) < 4.78 is 12.0. The summed E-state index contributed by atoms with van der Waals surface area (Å²) in [7, 11) is 0. The normalized spacial score (nSPS) is 25.8. The van der Waals surface area contributed by atoms with Crippen molar-refractivity contribution >= 4 is 0 Å². The van der Waals surface area contributed by atoms with Crippen LogP contribution in [0.5, 0.6) is 0 Å². The molecule has 1 saturated heterocycles. The van der Waals surface area contributed by atoms with Gasteiger partial charge in [0.2, 0.25) is 0 Å². The lowest BCUT2D eigenvalue weighted by molar-refractivity contribution is -0.158. The Hall–Kier alpha value is -1.64. The lowest BCUT2D eigenvalue weighted by Crippen LogP contribution is -2.26. The predicted molar refractivity (Wildman–Crippen MR) is 79.4 cm³/mol. The standard InChI is InChI=1S/C18H20O2/c1-18(13-12-15-8-4-2-5-9-15)19-14-17(20-18)16-10-6-3-7-11-16/h2-11,17H,12-14H2,1H3/t17-,18+/m0/s1. The molecule has 0 unspecified atom stereocenters. The van der Waals surface area contributed by atoms with Crippen molar-refractivity contribution in [2.75, 3.05) is 6.61 Å². The molecule has 0 bridgehead atoms. The third kappa shape index (κ3) is 3.09. The average Bonchev–Trinajstić information content (AvgIpc) is 2.90. The van der Waals surface area contributed by atoms with Crippen LogP contribution < -0.4 is 0 Å². The second kappa shape index (κ2) is 5.78. The van der Waals surface area contributed by atoms with Gasteiger partial charge in [0.1, 0.15) is 6.10 Å². The van der Waals surface area contributed by atoms with E-state index in [9.17, 15) is 0 Å². The maximum absolute atomic E-state index is 6.13. The molecule has 104 valence electrons. The van der Waals surface area contributed by atoms with Gasteiger partial charge in [-0.1, -0.05) is 60.7 Å². The summed E-state index contributed by atoms with van der Waals surface area (Å²) in [5.74, 6) is -0.476. The fourth-order valence-corrected chi connectivity index (χ4v) is 2.60. The quantitative estimate of drug-likeness (QED) is 0.830. The third-order valence-electron chi connectivity index (χ3n) is 3.81. The first-order chi connectivity index (χ1) is 9.75. The van der Waals surface area contributed by atoms with E-state index in [0.29, 0.717) is 6.61 Å². The van der Waals surface area contributed by atoms with Gasteiger partial charge in [-0.2, -0.15) is 0 Å². The highest BCUT2D eigenvalue weighted by molar-refractivity contribution is 5.19. The van der Waals surface area contributed by atoms with Crippen LogP contribution in [0.3, 0.4) is 0 Å². The fraction of sp³-hybridized carbons (Fsp3) is 0.333. The Kier molecular flexibility index (Phi) is 3.86. The highest BCUT2D eigenvalue weighted by Gasteiger charge is 2.37. The monoisotopic (exact) mass is 268 g/mol. The van der Waals surface area contributed by atoms with Crippen molar-refractivity contribution in [1.82, 2.24) is 0 Å². The fourth-order valence-electron chi connectivity index (χ4n) is 2.60. The highest BCUT2D eigenvalue weighted by atomic mass is 16.7. The Labute approximate surface area is 120 Å². The molecule has 2 atom stereocenters. The van der Waals surface area contributed by atoms with Crippen molar-refractivity contribution in [3.8, 4) is 0 Å². The van der Waals surface area contributed by atoms with Crippen LogP contribution in [0.2, 0.25) is 0 Å². The first kappa shape index (κ1) is 13.3. The molecule has 2 nitrogen and oxygen atoms in total. The molecule has 1 aliphatic rings. The molecule has 2 aromatic rings. The Morgan fingerprint density at radius 2 is 1.65 bits per heavy atom. The van der Waals surface area contributed by atoms with E-state index in [4.69, 9.17) is 9.47 Å². The second-order valence-corrected chi connectivity index (χ2v) is 5.45. The highest BCUT2D eigenvalue weighted by Crippen LogP contribution is 2.35. The number of hydrogen-bond acceptors (Lipinski definition) is 2. The van der Waals surface area contributed by atoms with Crippen LogP contribution >= 0.6 is 0 Å². The summed E-state index contributed by atoms with van der Waals surface area (Å²) in [5, 5.41) is 0. The van der Waals surface area contributed by atoms with Gasteiger partial charge in [-0.15, -0.1) is 0 Å². The molecule has 1 aliphatic heterocycles. The Bertz CT molecular complexity index is 538. The van der Waals surface area contributed by atoms with E-state index >= 15 is 0 Å². The van der Waals surface area contributed by atoms with Gasteiger partial charge >= 0.3 is 0 Å². The van der Waals surface area contributed by atoms with Gasteiger partial charge in [0, 0.05) is 6.42 Å². The molecule has 1 fully saturated rings. The maximum atomic E-state index is 6.13. The number of hydrogen-bond donors (Lipinski definition) is 0. The second-order valence-electron chi connectivity index (χ2n) is 5.45. The number of ether oxygens (including phenoxy) is 2. The van der Waals surface area contributed by atoms with Gasteiger partial charge in [-0.05, 0) is 24.5 Å². The molecule has 20 heavy (non-hydrogen) atoms. The molecule has 0 spiro atoms. The zero-order valence-electron chi connectivity index (χ0n) is 11.8. The van der Waals surface area contributed by atoms with Crippen molar-refractivity contribution in [1.29, 1.82) is 0 Å². The Balaban J connectivity index is 1.61. The molecule has 0 radical (unpaired) electrons. The molecule has 3 rings (SSSR count). The van der Waals surface area contributed by atoms with Crippen molar-refractivity contribution in [2.24, 2.45) is 0 Å². The Morgan fingerprint density at radius 3 is 2.35 bits per heavy atom. The van der Waals surface area contributed by atoms with Crippen LogP contribution in [0.1, 0.15) is 30.6 Å². The van der Waals surface area contributed by atoms with Crippen LogP contribution in [0, 0.1) is 0 Å². The Morgan fingerprint density at radius 1 is 1.00 bits per heavy atom. The van der Waals surface area contributed by atoms with Gasteiger partial charge in [-0.3, -0.25) is 0 Å². The van der Waals surface area contributed by atoms with Crippen molar-refractivity contribution in [3.05, 3.63) is 71.8 Å². The van der Waals surface area contributed by atoms with Crippen LogP contribution in [0.4, 0.5) is 0 Å². The number of rotatable bonds is 4. The lowest BCUT2D eigenvalue weighted by Gasteiger charge is -2.23. The first-order valence-electron chi connectivity index (χ1n) is 7.16. The smallest absolute Gasteiger partial charge is 0.166 e. The predicted octanol–water partition coefficient (Wildman–Crippen LogP) is 4.12. The topological polar surface area (TPSA) is 18.5 Å². The summed E-state index contributed by atoms with van der Waals surface area (Å²) in [5.41, 5.74) is 2.51. The van der Waals surface area contributed by atoms with Crippen molar-refractivity contribution in [2.45, 2.75) is 31.7 Å². The van der Waals surface area contributed by atoms with E-state index in [-0.39, 0.29) is 6.10 Å². The minimum atomic E-state index is -0.476. The summed E-state index contributed by atoms with van der Waals surface area (Å²) >= 11 is 0. The molecule has 0 N–H and O–H groups in total. The van der Waals surface area contributed by atoms with E-state index in [1.807, 2.05) is 31.2 Å². The maximum Gasteiger partial charge on any atom is 0.166 e. The molecular weight excluding hydrogens is 248 g/mol. The van der Waals surface area contributed by atoms with Gasteiger partial charge in [0.25, 0.3) is 0 Å². The van der Waals surface area contributed by atoms with Gasteiger partial charge < -0.3 is 9.47 Å². The van der Waals surface area contributed by atoms with E-state index in [2.05, 4.69) is 36.4 Å². The zero-order valence-corrected chi connectivity index (χ0v) is 11.8. The van der Waals surface area contributed by atoms with Crippen molar-refractivity contribution in [3.63, 3.8) is 0 Å². The first-order valence-corrected chi connectivity index (χ1v) is 7.16. The van der Waals surface area contributed by atoms with Crippen LogP contribution in [0.25, 0.3) is 0 Å². The average molecular weight is 268 g/mol. The number of benzene rings is 2. The zero-order chi connectivity index (χ0) is 13.8. The molecule has 0 saturated carbocycles. The molecule has 0 aliphatic carbocycles. The van der Waals surface area contributed by atoms with Crippen molar-refractivity contribution < 1.29 is 9.47 Å².